The van der Waals surface area contributed by atoms with E-state index in [0.717, 1.165) is 21.6 Å². The second-order valence-electron chi connectivity index (χ2n) is 7.82. The number of hydrogen-bond donors (Lipinski definition) is 1. The van der Waals surface area contributed by atoms with Gasteiger partial charge in [-0.15, -0.1) is 11.8 Å². The first-order valence-corrected chi connectivity index (χ1v) is 11.2. The van der Waals surface area contributed by atoms with Crippen LogP contribution in [0.2, 0.25) is 0 Å². The molecule has 0 radical (unpaired) electrons. The molecule has 0 amide bonds. The van der Waals surface area contributed by atoms with Crippen LogP contribution in [0.15, 0.2) is 65.7 Å². The third-order valence-electron chi connectivity index (χ3n) is 5.88. The molecular weight excluding hydrogens is 410 g/mol. The van der Waals surface area contributed by atoms with E-state index in [2.05, 4.69) is 4.98 Å². The highest BCUT2D eigenvalue weighted by molar-refractivity contribution is 7.98. The van der Waals surface area contributed by atoms with Crippen LogP contribution < -0.4 is 4.74 Å². The quantitative estimate of drug-likeness (QED) is 0.421. The van der Waals surface area contributed by atoms with E-state index in [0.29, 0.717) is 29.8 Å². The number of carbonyl (C=O) groups is 2. The van der Waals surface area contributed by atoms with Crippen molar-refractivity contribution in [1.29, 1.82) is 0 Å². The number of carboxylic acids is 1. The number of nitrogens with zero attached hydrogens (tertiary/aromatic N) is 1. The molecule has 2 aromatic carbocycles. The monoisotopic (exact) mass is 433 g/mol. The number of carboxylic acid groups (broad SMARTS) is 1. The smallest absolute Gasteiger partial charge is 0.310 e. The van der Waals surface area contributed by atoms with Gasteiger partial charge in [0.2, 0.25) is 5.88 Å². The zero-order valence-electron chi connectivity index (χ0n) is 17.4. The summed E-state index contributed by atoms with van der Waals surface area (Å²) in [6.45, 7) is 0. The number of pyridine rings is 1. The summed E-state index contributed by atoms with van der Waals surface area (Å²) in [6.07, 6.45) is 4.11. The summed E-state index contributed by atoms with van der Waals surface area (Å²) >= 11 is 1.63. The van der Waals surface area contributed by atoms with E-state index in [1.807, 2.05) is 54.8 Å². The first kappa shape index (κ1) is 21.1. The molecule has 6 heteroatoms. The minimum absolute atomic E-state index is 0.0741. The Balaban J connectivity index is 1.66. The molecule has 0 spiro atoms. The predicted molar refractivity (Wildman–Crippen MR) is 121 cm³/mol. The van der Waals surface area contributed by atoms with Crippen molar-refractivity contribution in [1.82, 2.24) is 4.98 Å². The molecule has 0 saturated heterocycles. The van der Waals surface area contributed by atoms with Crippen LogP contribution in [0.3, 0.4) is 0 Å². The molecule has 0 bridgehead atoms. The van der Waals surface area contributed by atoms with Gasteiger partial charge >= 0.3 is 5.97 Å². The number of Topliss-reactive ketones (excluding diaryl/α,β-unsaturated/α-hetero) is 1. The molecule has 0 atom stereocenters. The normalized spacial score (nSPS) is 14.1. The Morgan fingerprint density at radius 3 is 2.42 bits per heavy atom. The molecule has 31 heavy (non-hydrogen) atoms. The molecule has 5 nitrogen and oxygen atoms in total. The van der Waals surface area contributed by atoms with Crippen LogP contribution in [0.1, 0.15) is 27.9 Å². The molecule has 0 unspecified atom stereocenters. The topological polar surface area (TPSA) is 76.5 Å². The summed E-state index contributed by atoms with van der Waals surface area (Å²) in [5, 5.41) is 10.0. The van der Waals surface area contributed by atoms with Gasteiger partial charge in [0, 0.05) is 28.6 Å². The van der Waals surface area contributed by atoms with Gasteiger partial charge in [-0.05, 0) is 54.0 Å². The number of rotatable bonds is 7. The van der Waals surface area contributed by atoms with Crippen LogP contribution in [0, 0.1) is 5.41 Å². The number of thioether (sulfide) groups is 1. The van der Waals surface area contributed by atoms with Crippen molar-refractivity contribution in [2.24, 2.45) is 5.41 Å². The SMILES string of the molecule is COc1ncc(C(=O)CC2(C(=O)O)Cc3ccccc3C2)cc1-c1cccc(SC)c1. The molecule has 1 aliphatic carbocycles. The number of ether oxygens (including phenoxy) is 1. The standard InChI is InChI=1S/C25H23NO4S/c1-30-23-21(16-8-5-9-20(10-16)31-2)11-19(15-26-23)22(27)14-25(24(28)29)12-17-6-3-4-7-18(17)13-25/h3-11,15H,12-14H2,1-2H3,(H,28,29). The van der Waals surface area contributed by atoms with Crippen molar-refractivity contribution in [3.05, 3.63) is 77.5 Å². The Morgan fingerprint density at radius 2 is 1.81 bits per heavy atom. The van der Waals surface area contributed by atoms with Crippen LogP contribution in [-0.2, 0) is 17.6 Å². The molecule has 1 aliphatic rings. The first-order chi connectivity index (χ1) is 15.0. The minimum Gasteiger partial charge on any atom is -0.481 e. The zero-order chi connectivity index (χ0) is 22.0. The van der Waals surface area contributed by atoms with E-state index in [-0.39, 0.29) is 12.2 Å². The van der Waals surface area contributed by atoms with E-state index in [1.165, 1.54) is 6.20 Å². The third kappa shape index (κ3) is 4.08. The zero-order valence-corrected chi connectivity index (χ0v) is 18.2. The van der Waals surface area contributed by atoms with E-state index in [1.54, 1.807) is 24.9 Å². The molecule has 0 saturated carbocycles. The minimum atomic E-state index is -1.13. The van der Waals surface area contributed by atoms with Gasteiger partial charge in [0.05, 0.1) is 12.5 Å². The number of ketones is 1. The van der Waals surface area contributed by atoms with Gasteiger partial charge in [-0.25, -0.2) is 4.98 Å². The predicted octanol–water partition coefficient (Wildman–Crippen LogP) is 4.92. The number of fused-ring (bicyclic) bond motifs is 1. The number of hydrogen-bond acceptors (Lipinski definition) is 5. The lowest BCUT2D eigenvalue weighted by Crippen LogP contribution is -2.34. The number of carbonyl (C=O) groups excluding carboxylic acids is 1. The largest absolute Gasteiger partial charge is 0.481 e. The van der Waals surface area contributed by atoms with E-state index in [4.69, 9.17) is 4.74 Å². The van der Waals surface area contributed by atoms with Crippen molar-refractivity contribution < 1.29 is 19.4 Å². The van der Waals surface area contributed by atoms with Gasteiger partial charge in [0.25, 0.3) is 0 Å². The number of aromatic nitrogens is 1. The fraction of sp³-hybridized carbons (Fsp3) is 0.240. The van der Waals surface area contributed by atoms with Gasteiger partial charge in [0.1, 0.15) is 0 Å². The number of aliphatic carboxylic acids is 1. The lowest BCUT2D eigenvalue weighted by Gasteiger charge is -2.23. The van der Waals surface area contributed by atoms with Crippen LogP contribution >= 0.6 is 11.8 Å². The summed E-state index contributed by atoms with van der Waals surface area (Å²) in [5.41, 5.74) is 2.87. The fourth-order valence-corrected chi connectivity index (χ4v) is 4.68. The van der Waals surface area contributed by atoms with Gasteiger partial charge in [-0.3, -0.25) is 9.59 Å². The number of benzene rings is 2. The Kier molecular flexibility index (Phi) is 5.83. The Morgan fingerprint density at radius 1 is 1.10 bits per heavy atom. The highest BCUT2D eigenvalue weighted by Crippen LogP contribution is 2.41. The summed E-state index contributed by atoms with van der Waals surface area (Å²) in [5.74, 6) is -0.741. The van der Waals surface area contributed by atoms with Crippen molar-refractivity contribution >= 4 is 23.5 Å². The lowest BCUT2D eigenvalue weighted by atomic mass is 9.79. The van der Waals surface area contributed by atoms with Crippen molar-refractivity contribution in [2.45, 2.75) is 24.2 Å². The van der Waals surface area contributed by atoms with Gasteiger partial charge in [-0.2, -0.15) is 0 Å². The lowest BCUT2D eigenvalue weighted by molar-refractivity contribution is -0.148. The fourth-order valence-electron chi connectivity index (χ4n) is 4.22. The highest BCUT2D eigenvalue weighted by atomic mass is 32.2. The molecule has 0 fully saturated rings. The maximum absolute atomic E-state index is 13.2. The summed E-state index contributed by atoms with van der Waals surface area (Å²) < 4.78 is 5.42. The van der Waals surface area contributed by atoms with Crippen LogP contribution in [0.4, 0.5) is 0 Å². The molecule has 1 aromatic heterocycles. The number of methoxy groups -OCH3 is 1. The maximum atomic E-state index is 13.2. The van der Waals surface area contributed by atoms with Gasteiger partial charge in [-0.1, -0.05) is 36.4 Å². The van der Waals surface area contributed by atoms with Gasteiger partial charge < -0.3 is 9.84 Å². The van der Waals surface area contributed by atoms with E-state index >= 15 is 0 Å². The van der Waals surface area contributed by atoms with E-state index in [9.17, 15) is 14.7 Å². The van der Waals surface area contributed by atoms with Crippen LogP contribution in [0.5, 0.6) is 5.88 Å². The summed E-state index contributed by atoms with van der Waals surface area (Å²) in [4.78, 5) is 30.9. The van der Waals surface area contributed by atoms with E-state index < -0.39 is 11.4 Å². The Hall–Kier alpha value is -3.12. The molecular formula is C25H23NO4S. The molecule has 1 N–H and O–H groups in total. The van der Waals surface area contributed by atoms with Crippen molar-refractivity contribution in [3.8, 4) is 17.0 Å². The molecule has 0 aliphatic heterocycles. The van der Waals surface area contributed by atoms with Crippen molar-refractivity contribution in [3.63, 3.8) is 0 Å². The maximum Gasteiger partial charge on any atom is 0.310 e. The van der Waals surface area contributed by atoms with Crippen LogP contribution in [0.25, 0.3) is 11.1 Å². The Bertz CT molecular complexity index is 1130. The molecule has 3 aromatic rings. The summed E-state index contributed by atoms with van der Waals surface area (Å²) in [7, 11) is 1.54. The third-order valence-corrected chi connectivity index (χ3v) is 6.60. The molecule has 4 rings (SSSR count). The average molecular weight is 434 g/mol. The average Bonchev–Trinajstić information content (AvgIpc) is 3.18. The van der Waals surface area contributed by atoms with Crippen molar-refractivity contribution in [2.75, 3.05) is 13.4 Å². The molecule has 1 heterocycles. The highest BCUT2D eigenvalue weighted by Gasteiger charge is 2.45. The second kappa shape index (κ2) is 8.55. The second-order valence-corrected chi connectivity index (χ2v) is 8.70. The Labute approximate surface area is 185 Å². The summed E-state index contributed by atoms with van der Waals surface area (Å²) in [6, 6.07) is 17.4. The van der Waals surface area contributed by atoms with Gasteiger partial charge in [0.15, 0.2) is 5.78 Å². The first-order valence-electron chi connectivity index (χ1n) is 9.97. The molecule has 158 valence electrons. The van der Waals surface area contributed by atoms with Crippen LogP contribution in [-0.4, -0.2) is 35.2 Å².